The third-order valence-electron chi connectivity index (χ3n) is 5.53. The zero-order valence-corrected chi connectivity index (χ0v) is 16.4. The molecule has 1 saturated heterocycles. The molecule has 0 saturated carbocycles. The normalized spacial score (nSPS) is 17.1. The van der Waals surface area contributed by atoms with Gasteiger partial charge in [0.15, 0.2) is 0 Å². The number of carbonyl (C=O) groups is 2. The van der Waals surface area contributed by atoms with E-state index in [0.717, 1.165) is 62.2 Å². The van der Waals surface area contributed by atoms with Gasteiger partial charge in [0, 0.05) is 23.5 Å². The average Bonchev–Trinajstić information content (AvgIpc) is 2.88. The van der Waals surface area contributed by atoms with Crippen LogP contribution in [0.25, 0.3) is 0 Å². The first-order chi connectivity index (χ1) is 13.2. The van der Waals surface area contributed by atoms with E-state index >= 15 is 0 Å². The molecule has 1 aliphatic heterocycles. The third-order valence-corrected chi connectivity index (χ3v) is 6.81. The number of rotatable bonds is 3. The number of carbonyl (C=O) groups excluding carboxylic acids is 2. The summed E-state index contributed by atoms with van der Waals surface area (Å²) in [5.74, 6) is -0.0358. The highest BCUT2D eigenvalue weighted by Crippen LogP contribution is 2.39. The number of fused-ring (bicyclic) bond motifs is 1. The van der Waals surface area contributed by atoms with Crippen LogP contribution in [-0.4, -0.2) is 29.8 Å². The number of thiophene rings is 1. The summed E-state index contributed by atoms with van der Waals surface area (Å²) in [6.45, 7) is 1.65. The molecule has 1 fully saturated rings. The number of likely N-dealkylation sites (tertiary alicyclic amines) is 1. The van der Waals surface area contributed by atoms with Crippen LogP contribution in [0.3, 0.4) is 0 Å². The van der Waals surface area contributed by atoms with E-state index in [1.165, 1.54) is 23.3 Å². The molecule has 0 bridgehead atoms. The highest BCUT2D eigenvalue weighted by atomic mass is 32.1. The molecule has 2 amide bonds. The Morgan fingerprint density at radius 2 is 1.59 bits per heavy atom. The molecule has 5 heteroatoms. The van der Waals surface area contributed by atoms with Gasteiger partial charge >= 0.3 is 0 Å². The summed E-state index contributed by atoms with van der Waals surface area (Å²) >= 11 is 1.60. The van der Waals surface area contributed by atoms with Crippen LogP contribution in [0.4, 0.5) is 5.69 Å². The Hall–Kier alpha value is -2.14. The van der Waals surface area contributed by atoms with Crippen molar-refractivity contribution >= 4 is 28.8 Å². The number of nitrogens with zero attached hydrogens (tertiary/aromatic N) is 1. The van der Waals surface area contributed by atoms with Gasteiger partial charge in [0.1, 0.15) is 4.88 Å². The van der Waals surface area contributed by atoms with E-state index in [2.05, 4.69) is 5.32 Å². The smallest absolute Gasteiger partial charge is 0.266 e. The van der Waals surface area contributed by atoms with E-state index in [9.17, 15) is 9.59 Å². The second-order valence-electron chi connectivity index (χ2n) is 7.44. The van der Waals surface area contributed by atoms with Crippen LogP contribution in [0, 0.1) is 0 Å². The maximum atomic E-state index is 13.3. The van der Waals surface area contributed by atoms with Gasteiger partial charge < -0.3 is 10.2 Å². The van der Waals surface area contributed by atoms with E-state index in [1.54, 1.807) is 11.3 Å². The summed E-state index contributed by atoms with van der Waals surface area (Å²) in [6.07, 6.45) is 8.78. The lowest BCUT2D eigenvalue weighted by Gasteiger charge is -2.20. The molecule has 4 rings (SSSR count). The molecule has 27 heavy (non-hydrogen) atoms. The minimum Gasteiger partial charge on any atom is -0.338 e. The van der Waals surface area contributed by atoms with Crippen LogP contribution in [0.1, 0.15) is 69.0 Å². The minimum absolute atomic E-state index is 0.0969. The van der Waals surface area contributed by atoms with E-state index in [4.69, 9.17) is 0 Å². The fraction of sp³-hybridized carbons (Fsp3) is 0.455. The predicted octanol–water partition coefficient (Wildman–Crippen LogP) is 4.90. The number of nitrogens with one attached hydrogen (secondary N) is 1. The van der Waals surface area contributed by atoms with Crippen LogP contribution in [0.15, 0.2) is 30.3 Å². The van der Waals surface area contributed by atoms with Crippen molar-refractivity contribution in [2.45, 2.75) is 51.4 Å². The quantitative estimate of drug-likeness (QED) is 0.821. The molecule has 0 unspecified atom stereocenters. The van der Waals surface area contributed by atoms with Crippen LogP contribution >= 0.6 is 11.3 Å². The lowest BCUT2D eigenvalue weighted by atomic mass is 9.97. The van der Waals surface area contributed by atoms with Crippen molar-refractivity contribution in [2.24, 2.45) is 0 Å². The lowest BCUT2D eigenvalue weighted by molar-refractivity contribution is 0.0767. The van der Waals surface area contributed by atoms with Crippen molar-refractivity contribution in [1.82, 2.24) is 4.90 Å². The zero-order valence-electron chi connectivity index (χ0n) is 15.6. The van der Waals surface area contributed by atoms with E-state index < -0.39 is 0 Å². The summed E-state index contributed by atoms with van der Waals surface area (Å²) in [5, 5.41) is 3.09. The van der Waals surface area contributed by atoms with Crippen LogP contribution < -0.4 is 5.32 Å². The van der Waals surface area contributed by atoms with Gasteiger partial charge in [-0.3, -0.25) is 9.59 Å². The van der Waals surface area contributed by atoms with Crippen molar-refractivity contribution in [3.8, 4) is 0 Å². The van der Waals surface area contributed by atoms with Gasteiger partial charge in [-0.25, -0.2) is 0 Å². The second kappa shape index (κ2) is 8.26. The highest BCUT2D eigenvalue weighted by molar-refractivity contribution is 7.15. The topological polar surface area (TPSA) is 49.4 Å². The molecular weight excluding hydrogens is 356 g/mol. The number of anilines is 1. The fourth-order valence-electron chi connectivity index (χ4n) is 4.04. The van der Waals surface area contributed by atoms with Crippen molar-refractivity contribution in [3.05, 3.63) is 51.2 Å². The number of hydrogen-bond donors (Lipinski definition) is 1. The predicted molar refractivity (Wildman–Crippen MR) is 110 cm³/mol. The SMILES string of the molecule is O=C(Nc1c(C(=O)N2CCCCCC2)sc2c1CCCC2)c1ccccc1. The largest absolute Gasteiger partial charge is 0.338 e. The van der Waals surface area contributed by atoms with Crippen molar-refractivity contribution < 1.29 is 9.59 Å². The van der Waals surface area contributed by atoms with Crippen LogP contribution in [-0.2, 0) is 12.8 Å². The molecule has 2 heterocycles. The fourth-order valence-corrected chi connectivity index (χ4v) is 5.35. The molecule has 1 aromatic carbocycles. The molecule has 1 aliphatic carbocycles. The number of hydrogen-bond acceptors (Lipinski definition) is 3. The Labute approximate surface area is 164 Å². The Morgan fingerprint density at radius 3 is 2.33 bits per heavy atom. The lowest BCUT2D eigenvalue weighted by Crippen LogP contribution is -2.32. The van der Waals surface area contributed by atoms with Crippen molar-refractivity contribution in [2.75, 3.05) is 18.4 Å². The number of aryl methyl sites for hydroxylation is 1. The summed E-state index contributed by atoms with van der Waals surface area (Å²) in [4.78, 5) is 30.1. The van der Waals surface area contributed by atoms with Gasteiger partial charge in [0.05, 0.1) is 5.69 Å². The first kappa shape index (κ1) is 18.2. The van der Waals surface area contributed by atoms with E-state index in [0.29, 0.717) is 5.56 Å². The first-order valence-electron chi connectivity index (χ1n) is 10.0. The molecular formula is C22H26N2O2S. The molecule has 142 valence electrons. The molecule has 0 atom stereocenters. The highest BCUT2D eigenvalue weighted by Gasteiger charge is 2.28. The summed E-state index contributed by atoms with van der Waals surface area (Å²) in [6, 6.07) is 9.25. The Bertz CT molecular complexity index is 820. The molecule has 1 N–H and O–H groups in total. The van der Waals surface area contributed by atoms with Gasteiger partial charge in [-0.15, -0.1) is 11.3 Å². The van der Waals surface area contributed by atoms with E-state index in [1.807, 2.05) is 35.2 Å². The first-order valence-corrected chi connectivity index (χ1v) is 10.9. The maximum absolute atomic E-state index is 13.3. The van der Waals surface area contributed by atoms with Crippen LogP contribution in [0.2, 0.25) is 0 Å². The van der Waals surface area contributed by atoms with Gasteiger partial charge in [0.2, 0.25) is 0 Å². The van der Waals surface area contributed by atoms with Crippen molar-refractivity contribution in [1.29, 1.82) is 0 Å². The minimum atomic E-state index is -0.133. The van der Waals surface area contributed by atoms with Gasteiger partial charge in [-0.2, -0.15) is 0 Å². The van der Waals surface area contributed by atoms with Gasteiger partial charge in [0.25, 0.3) is 11.8 Å². The second-order valence-corrected chi connectivity index (χ2v) is 8.55. The monoisotopic (exact) mass is 382 g/mol. The summed E-state index contributed by atoms with van der Waals surface area (Å²) in [5.41, 5.74) is 2.59. The standard InChI is InChI=1S/C22H26N2O2S/c25-21(16-10-4-3-5-11-16)23-19-17-12-6-7-13-18(17)27-20(19)22(26)24-14-8-1-2-9-15-24/h3-5,10-11H,1-2,6-9,12-15H2,(H,23,25). The zero-order chi connectivity index (χ0) is 18.6. The maximum Gasteiger partial charge on any atom is 0.266 e. The Balaban J connectivity index is 1.65. The van der Waals surface area contributed by atoms with Gasteiger partial charge in [-0.1, -0.05) is 31.0 Å². The molecule has 2 aliphatic rings. The molecule has 4 nitrogen and oxygen atoms in total. The van der Waals surface area contributed by atoms with Crippen molar-refractivity contribution in [3.63, 3.8) is 0 Å². The average molecular weight is 383 g/mol. The number of amides is 2. The van der Waals surface area contributed by atoms with E-state index in [-0.39, 0.29) is 11.8 Å². The Morgan fingerprint density at radius 1 is 0.889 bits per heavy atom. The Kier molecular flexibility index (Phi) is 5.58. The van der Waals surface area contributed by atoms with Gasteiger partial charge in [-0.05, 0) is 56.2 Å². The molecule has 2 aromatic rings. The number of benzene rings is 1. The van der Waals surface area contributed by atoms with Crippen LogP contribution in [0.5, 0.6) is 0 Å². The molecule has 0 spiro atoms. The molecule has 0 radical (unpaired) electrons. The summed E-state index contributed by atoms with van der Waals surface area (Å²) in [7, 11) is 0. The summed E-state index contributed by atoms with van der Waals surface area (Å²) < 4.78 is 0. The molecule has 1 aromatic heterocycles. The third kappa shape index (κ3) is 3.93.